The number of hydrogen-bond donors (Lipinski definition) is 4. The molecule has 0 saturated carbocycles. The molecule has 0 spiro atoms. The molecule has 10 nitrogen and oxygen atoms in total. The first-order valence-electron chi connectivity index (χ1n) is 10.6. The number of ether oxygens (including phenoxy) is 2. The van der Waals surface area contributed by atoms with Crippen molar-refractivity contribution in [1.29, 1.82) is 0 Å². The molecule has 0 fully saturated rings. The lowest BCUT2D eigenvalue weighted by Crippen LogP contribution is -2.45. The summed E-state index contributed by atoms with van der Waals surface area (Å²) in [5.74, 6) is -1.64. The van der Waals surface area contributed by atoms with Crippen molar-refractivity contribution >= 4 is 41.4 Å². The van der Waals surface area contributed by atoms with Gasteiger partial charge >= 0.3 is 11.9 Å². The van der Waals surface area contributed by atoms with E-state index in [-0.39, 0.29) is 18.8 Å². The second kappa shape index (κ2) is 11.7. The zero-order valence-corrected chi connectivity index (χ0v) is 19.8. The Hall–Kier alpha value is -4.25. The number of carbonyl (C=O) groups excluding carboxylic acids is 2. The molecule has 2 aromatic rings. The number of carboxylic acids is 1. The van der Waals surface area contributed by atoms with Gasteiger partial charge in [-0.1, -0.05) is 30.3 Å². The van der Waals surface area contributed by atoms with Gasteiger partial charge in [-0.3, -0.25) is 4.79 Å². The predicted molar refractivity (Wildman–Crippen MR) is 132 cm³/mol. The summed E-state index contributed by atoms with van der Waals surface area (Å²) in [6, 6.07) is 12.4. The molecule has 11 heteroatoms. The van der Waals surface area contributed by atoms with Crippen LogP contribution in [0.25, 0.3) is 0 Å². The van der Waals surface area contributed by atoms with Gasteiger partial charge in [-0.05, 0) is 49.8 Å². The summed E-state index contributed by atoms with van der Waals surface area (Å²) in [5, 5.41) is 19.1. The van der Waals surface area contributed by atoms with Crippen LogP contribution in [0.15, 0.2) is 64.9 Å². The largest absolute Gasteiger partial charge is 0.483 e. The van der Waals surface area contributed by atoms with Crippen molar-refractivity contribution in [2.24, 2.45) is 5.10 Å². The van der Waals surface area contributed by atoms with E-state index >= 15 is 0 Å². The summed E-state index contributed by atoms with van der Waals surface area (Å²) in [5.41, 5.74) is 4.65. The van der Waals surface area contributed by atoms with Gasteiger partial charge in [-0.15, -0.1) is 0 Å². The Balaban J connectivity index is 1.68. The fourth-order valence-electron chi connectivity index (χ4n) is 3.32. The lowest BCUT2D eigenvalue weighted by atomic mass is 9.95. The van der Waals surface area contributed by atoms with Gasteiger partial charge in [0.15, 0.2) is 11.7 Å². The van der Waals surface area contributed by atoms with E-state index in [0.717, 1.165) is 0 Å². The number of hydrazone groups is 1. The van der Waals surface area contributed by atoms with E-state index in [2.05, 4.69) is 21.2 Å². The molecule has 0 unspecified atom stereocenters. The van der Waals surface area contributed by atoms with E-state index in [0.29, 0.717) is 33.3 Å². The molecule has 4 N–H and O–H groups in total. The van der Waals surface area contributed by atoms with Crippen LogP contribution in [0.4, 0.5) is 0 Å². The summed E-state index contributed by atoms with van der Waals surface area (Å²) >= 11 is 5.26. The number of nitrogens with one attached hydrogen (secondary N) is 3. The number of amides is 1. The zero-order chi connectivity index (χ0) is 25.4. The van der Waals surface area contributed by atoms with Gasteiger partial charge < -0.3 is 25.2 Å². The van der Waals surface area contributed by atoms with E-state index in [1.54, 1.807) is 50.2 Å². The quantitative estimate of drug-likeness (QED) is 0.178. The average Bonchev–Trinajstić information content (AvgIpc) is 2.83. The third kappa shape index (κ3) is 6.64. The van der Waals surface area contributed by atoms with Crippen LogP contribution >= 0.6 is 12.2 Å². The summed E-state index contributed by atoms with van der Waals surface area (Å²) in [4.78, 5) is 35.8. The van der Waals surface area contributed by atoms with Crippen molar-refractivity contribution in [3.8, 4) is 5.75 Å². The highest BCUT2D eigenvalue weighted by Gasteiger charge is 2.32. The minimum absolute atomic E-state index is 0.151. The van der Waals surface area contributed by atoms with Crippen LogP contribution in [0.1, 0.15) is 41.4 Å². The Morgan fingerprint density at radius 2 is 1.89 bits per heavy atom. The molecule has 1 atom stereocenters. The predicted octanol–water partition coefficient (Wildman–Crippen LogP) is 2.27. The second-order valence-electron chi connectivity index (χ2n) is 7.34. The van der Waals surface area contributed by atoms with Gasteiger partial charge in [0.05, 0.1) is 30.0 Å². The maximum atomic E-state index is 12.6. The molecule has 0 radical (unpaired) electrons. The zero-order valence-electron chi connectivity index (χ0n) is 19.0. The van der Waals surface area contributed by atoms with Crippen molar-refractivity contribution in [2.45, 2.75) is 19.9 Å². The molecule has 1 aliphatic heterocycles. The number of benzene rings is 2. The number of thiocarbonyl (C=S) groups is 1. The number of allylic oxidation sites excluding steroid dienone is 1. The fraction of sp³-hybridized carbons (Fsp3) is 0.208. The van der Waals surface area contributed by atoms with Gasteiger partial charge in [-0.25, -0.2) is 15.0 Å². The number of rotatable bonds is 9. The third-order valence-corrected chi connectivity index (χ3v) is 5.13. The number of para-hydroxylation sites is 1. The first-order valence-corrected chi connectivity index (χ1v) is 11.0. The lowest BCUT2D eigenvalue weighted by Gasteiger charge is -2.30. The van der Waals surface area contributed by atoms with E-state index in [9.17, 15) is 14.4 Å². The Morgan fingerprint density at radius 3 is 2.57 bits per heavy atom. The highest BCUT2D eigenvalue weighted by molar-refractivity contribution is 7.80. The Labute approximate surface area is 207 Å². The average molecular weight is 497 g/mol. The molecule has 1 aliphatic rings. The maximum absolute atomic E-state index is 12.6. The topological polar surface area (TPSA) is 138 Å². The number of aromatic carboxylic acids is 1. The number of nitrogens with zero attached hydrogens (tertiary/aromatic N) is 1. The highest BCUT2D eigenvalue weighted by Crippen LogP contribution is 2.33. The SMILES string of the molecule is CCOC(=O)C1=C(C)NC(=S)N[C@H]1c1ccccc1OCC(=O)NN=Cc1ccc(C(=O)O)cc1. The summed E-state index contributed by atoms with van der Waals surface area (Å²) in [6.07, 6.45) is 1.39. The van der Waals surface area contributed by atoms with Crippen molar-refractivity contribution in [3.05, 3.63) is 76.5 Å². The minimum atomic E-state index is -1.03. The molecule has 2 aromatic carbocycles. The Morgan fingerprint density at radius 1 is 1.17 bits per heavy atom. The van der Waals surface area contributed by atoms with Gasteiger partial charge in [0.1, 0.15) is 5.75 Å². The molecule has 0 aliphatic carbocycles. The number of hydrogen-bond acceptors (Lipinski definition) is 7. The van der Waals surface area contributed by atoms with Crippen LogP contribution in [0, 0.1) is 0 Å². The monoisotopic (exact) mass is 496 g/mol. The molecule has 1 amide bonds. The van der Waals surface area contributed by atoms with E-state index in [1.165, 1.54) is 18.3 Å². The van der Waals surface area contributed by atoms with Crippen LogP contribution in [-0.2, 0) is 14.3 Å². The lowest BCUT2D eigenvalue weighted by molar-refractivity contribution is -0.139. The molecular weight excluding hydrogens is 472 g/mol. The molecule has 3 rings (SSSR count). The van der Waals surface area contributed by atoms with Crippen LogP contribution in [0.5, 0.6) is 5.75 Å². The van der Waals surface area contributed by atoms with Crippen LogP contribution in [0.2, 0.25) is 0 Å². The van der Waals surface area contributed by atoms with E-state index < -0.39 is 23.9 Å². The van der Waals surface area contributed by atoms with Gasteiger partial charge in [0.2, 0.25) is 0 Å². The van der Waals surface area contributed by atoms with Crippen molar-refractivity contribution in [2.75, 3.05) is 13.2 Å². The summed E-state index contributed by atoms with van der Waals surface area (Å²) < 4.78 is 10.9. The van der Waals surface area contributed by atoms with Crippen molar-refractivity contribution < 1.29 is 29.0 Å². The molecular formula is C24H24N4O6S. The van der Waals surface area contributed by atoms with Gasteiger partial charge in [0.25, 0.3) is 5.91 Å². The van der Waals surface area contributed by atoms with Crippen LogP contribution in [-0.4, -0.2) is 47.5 Å². The fourth-order valence-corrected chi connectivity index (χ4v) is 3.59. The molecule has 0 bridgehead atoms. The van der Waals surface area contributed by atoms with Gasteiger partial charge in [0, 0.05) is 11.3 Å². The van der Waals surface area contributed by atoms with Crippen LogP contribution < -0.4 is 20.8 Å². The third-order valence-electron chi connectivity index (χ3n) is 4.91. The molecule has 0 saturated heterocycles. The standard InChI is InChI=1S/C24H24N4O6S/c1-3-33-23(32)20-14(2)26-24(35)27-21(20)17-6-4-5-7-18(17)34-13-19(29)28-25-12-15-8-10-16(11-9-15)22(30)31/h4-12,21H,3,13H2,1-2H3,(H,28,29)(H,30,31)(H2,26,27,35)/t21-/m0/s1. The maximum Gasteiger partial charge on any atom is 0.338 e. The first kappa shape index (κ1) is 25.4. The van der Waals surface area contributed by atoms with Crippen molar-refractivity contribution in [3.63, 3.8) is 0 Å². The molecule has 1 heterocycles. The van der Waals surface area contributed by atoms with Crippen LogP contribution in [0.3, 0.4) is 0 Å². The summed E-state index contributed by atoms with van der Waals surface area (Å²) in [6.45, 7) is 3.34. The second-order valence-corrected chi connectivity index (χ2v) is 7.75. The number of carboxylic acid groups (broad SMARTS) is 1. The van der Waals surface area contributed by atoms with Gasteiger partial charge in [-0.2, -0.15) is 5.10 Å². The Bertz CT molecular complexity index is 1190. The number of esters is 1. The number of carbonyl (C=O) groups is 3. The normalized spacial score (nSPS) is 15.3. The van der Waals surface area contributed by atoms with E-state index in [4.69, 9.17) is 26.8 Å². The summed E-state index contributed by atoms with van der Waals surface area (Å²) in [7, 11) is 0. The van der Waals surface area contributed by atoms with E-state index in [1.807, 2.05) is 0 Å². The first-order chi connectivity index (χ1) is 16.8. The molecule has 182 valence electrons. The Kier molecular flexibility index (Phi) is 8.52. The smallest absolute Gasteiger partial charge is 0.338 e. The molecule has 0 aromatic heterocycles. The minimum Gasteiger partial charge on any atom is -0.483 e. The highest BCUT2D eigenvalue weighted by atomic mass is 32.1. The molecule has 35 heavy (non-hydrogen) atoms. The van der Waals surface area contributed by atoms with Crippen molar-refractivity contribution in [1.82, 2.24) is 16.1 Å².